The number of benzene rings is 1. The lowest BCUT2D eigenvalue weighted by atomic mass is 10.1. The summed E-state index contributed by atoms with van der Waals surface area (Å²) in [5.41, 5.74) is 3.25. The minimum Gasteiger partial charge on any atom is -0.465 e. The largest absolute Gasteiger partial charge is 0.465 e. The summed E-state index contributed by atoms with van der Waals surface area (Å²) in [6, 6.07) is 5.91. The minimum atomic E-state index is -0.452. The van der Waals surface area contributed by atoms with E-state index in [-0.39, 0.29) is 11.7 Å². The summed E-state index contributed by atoms with van der Waals surface area (Å²) in [5, 5.41) is 4.01. The number of esters is 1. The van der Waals surface area contributed by atoms with E-state index >= 15 is 0 Å². The number of nitrogens with zero attached hydrogens (tertiary/aromatic N) is 1. The van der Waals surface area contributed by atoms with Crippen molar-refractivity contribution in [2.75, 3.05) is 12.4 Å². The summed E-state index contributed by atoms with van der Waals surface area (Å²) >= 11 is 1.10. The molecule has 136 valence electrons. The average Bonchev–Trinajstić information content (AvgIpc) is 3.21. The molecule has 1 aromatic carbocycles. The van der Waals surface area contributed by atoms with Crippen LogP contribution in [0.4, 0.5) is 5.13 Å². The Hall–Kier alpha value is -2.67. The van der Waals surface area contributed by atoms with Crippen molar-refractivity contribution in [3.8, 4) is 0 Å². The zero-order valence-corrected chi connectivity index (χ0v) is 16.0. The van der Waals surface area contributed by atoms with Crippen LogP contribution in [-0.4, -0.2) is 24.0 Å². The number of ether oxygens (including phenoxy) is 1. The number of nitrogens with one attached hydrogen (secondary N) is 1. The molecular formula is C19H20N2O4S. The zero-order valence-electron chi connectivity index (χ0n) is 15.1. The Morgan fingerprint density at radius 2 is 2.04 bits per heavy atom. The Kier molecular flexibility index (Phi) is 5.08. The summed E-state index contributed by atoms with van der Waals surface area (Å²) in [5.74, 6) is -0.586. The Bertz CT molecular complexity index is 987. The maximum absolute atomic E-state index is 12.7. The third kappa shape index (κ3) is 3.22. The lowest BCUT2D eigenvalue weighted by Gasteiger charge is -1.99. The van der Waals surface area contributed by atoms with E-state index in [1.54, 1.807) is 0 Å². The lowest BCUT2D eigenvalue weighted by molar-refractivity contribution is 0.0604. The molecule has 0 atom stereocenters. The van der Waals surface area contributed by atoms with E-state index in [9.17, 15) is 9.59 Å². The van der Waals surface area contributed by atoms with Crippen molar-refractivity contribution in [3.05, 3.63) is 45.7 Å². The van der Waals surface area contributed by atoms with Gasteiger partial charge >= 0.3 is 5.97 Å². The fourth-order valence-electron chi connectivity index (χ4n) is 2.76. The van der Waals surface area contributed by atoms with Gasteiger partial charge in [0.15, 0.2) is 10.9 Å². The van der Waals surface area contributed by atoms with Gasteiger partial charge in [-0.3, -0.25) is 10.1 Å². The van der Waals surface area contributed by atoms with E-state index in [1.165, 1.54) is 12.7 Å². The van der Waals surface area contributed by atoms with Crippen molar-refractivity contribution in [1.29, 1.82) is 0 Å². The van der Waals surface area contributed by atoms with Crippen LogP contribution in [0.25, 0.3) is 11.0 Å². The molecule has 0 aliphatic heterocycles. The van der Waals surface area contributed by atoms with Crippen LogP contribution in [0, 0.1) is 6.92 Å². The van der Waals surface area contributed by atoms with E-state index < -0.39 is 5.97 Å². The molecule has 0 bridgehead atoms. The van der Waals surface area contributed by atoms with Gasteiger partial charge in [-0.05, 0) is 37.5 Å². The number of methoxy groups -OCH3 is 1. The fourth-order valence-corrected chi connectivity index (χ4v) is 3.72. The second kappa shape index (κ2) is 7.29. The lowest BCUT2D eigenvalue weighted by Crippen LogP contribution is -2.11. The number of aryl methyl sites for hydroxylation is 3. The Morgan fingerprint density at radius 3 is 2.69 bits per heavy atom. The second-order valence-corrected chi connectivity index (χ2v) is 6.83. The van der Waals surface area contributed by atoms with Crippen LogP contribution in [0.1, 0.15) is 50.9 Å². The highest BCUT2D eigenvalue weighted by Gasteiger charge is 2.22. The predicted molar refractivity (Wildman–Crippen MR) is 101 cm³/mol. The molecule has 26 heavy (non-hydrogen) atoms. The van der Waals surface area contributed by atoms with E-state index in [1.807, 2.05) is 32.0 Å². The molecule has 0 saturated carbocycles. The molecule has 0 saturated heterocycles. The van der Waals surface area contributed by atoms with E-state index in [4.69, 9.17) is 9.15 Å². The molecular weight excluding hydrogens is 352 g/mol. The topological polar surface area (TPSA) is 81.4 Å². The van der Waals surface area contributed by atoms with Crippen LogP contribution in [0.15, 0.2) is 22.6 Å². The van der Waals surface area contributed by atoms with Gasteiger partial charge in [0, 0.05) is 10.9 Å². The SMILES string of the molecule is CCc1ccc2oc(C(=O)Nc3nc(CC)c(C(=O)OC)s3)c(C)c2c1. The molecule has 2 aromatic heterocycles. The van der Waals surface area contributed by atoms with E-state index in [2.05, 4.69) is 17.2 Å². The van der Waals surface area contributed by atoms with Gasteiger partial charge in [-0.1, -0.05) is 31.3 Å². The van der Waals surface area contributed by atoms with Crippen LogP contribution in [-0.2, 0) is 17.6 Å². The van der Waals surface area contributed by atoms with Gasteiger partial charge in [0.2, 0.25) is 0 Å². The maximum Gasteiger partial charge on any atom is 0.350 e. The zero-order chi connectivity index (χ0) is 18.8. The Balaban J connectivity index is 1.91. The first kappa shape index (κ1) is 18.1. The number of aromatic nitrogens is 1. The van der Waals surface area contributed by atoms with Gasteiger partial charge in [-0.2, -0.15) is 0 Å². The number of carbonyl (C=O) groups is 2. The number of hydrogen-bond donors (Lipinski definition) is 1. The van der Waals surface area contributed by atoms with Crippen LogP contribution in [0.2, 0.25) is 0 Å². The Morgan fingerprint density at radius 1 is 1.27 bits per heavy atom. The molecule has 3 rings (SSSR count). The van der Waals surface area contributed by atoms with Crippen LogP contribution >= 0.6 is 11.3 Å². The van der Waals surface area contributed by atoms with Crippen LogP contribution in [0.5, 0.6) is 0 Å². The third-order valence-electron chi connectivity index (χ3n) is 4.24. The number of amides is 1. The van der Waals surface area contributed by atoms with Gasteiger partial charge in [-0.25, -0.2) is 9.78 Å². The van der Waals surface area contributed by atoms with Crippen molar-refractivity contribution in [1.82, 2.24) is 4.98 Å². The first-order valence-corrected chi connectivity index (χ1v) is 9.21. The molecule has 1 amide bonds. The summed E-state index contributed by atoms with van der Waals surface area (Å²) < 4.78 is 10.5. The molecule has 7 heteroatoms. The Labute approximate surface area is 155 Å². The van der Waals surface area contributed by atoms with Gasteiger partial charge in [-0.15, -0.1) is 0 Å². The molecule has 0 aliphatic carbocycles. The molecule has 0 fully saturated rings. The highest BCUT2D eigenvalue weighted by molar-refractivity contribution is 7.17. The van der Waals surface area contributed by atoms with E-state index in [0.29, 0.717) is 27.7 Å². The van der Waals surface area contributed by atoms with Crippen molar-refractivity contribution in [2.45, 2.75) is 33.6 Å². The molecule has 0 radical (unpaired) electrons. The quantitative estimate of drug-likeness (QED) is 0.673. The highest BCUT2D eigenvalue weighted by Crippen LogP contribution is 2.29. The van der Waals surface area contributed by atoms with E-state index in [0.717, 1.165) is 28.7 Å². The standard InChI is InChI=1S/C19H20N2O4S/c1-5-11-7-8-14-12(9-11)10(3)15(25-14)17(22)21-19-20-13(6-2)16(26-19)18(23)24-4/h7-9H,5-6H2,1-4H3,(H,20,21,22). The van der Waals surface area contributed by atoms with Crippen LogP contribution in [0.3, 0.4) is 0 Å². The normalized spacial score (nSPS) is 10.9. The smallest absolute Gasteiger partial charge is 0.350 e. The number of anilines is 1. The number of rotatable bonds is 5. The van der Waals surface area contributed by atoms with Crippen LogP contribution < -0.4 is 5.32 Å². The van der Waals surface area contributed by atoms with Crippen molar-refractivity contribution >= 4 is 39.3 Å². The molecule has 3 aromatic rings. The van der Waals surface area contributed by atoms with Gasteiger partial charge < -0.3 is 9.15 Å². The molecule has 6 nitrogen and oxygen atoms in total. The number of carbonyl (C=O) groups excluding carboxylic acids is 2. The molecule has 2 heterocycles. The molecule has 0 spiro atoms. The fraction of sp³-hybridized carbons (Fsp3) is 0.316. The maximum atomic E-state index is 12.7. The third-order valence-corrected chi connectivity index (χ3v) is 5.23. The van der Waals surface area contributed by atoms with Crippen molar-refractivity contribution in [2.24, 2.45) is 0 Å². The highest BCUT2D eigenvalue weighted by atomic mass is 32.1. The predicted octanol–water partition coefficient (Wildman–Crippen LogP) is 4.36. The first-order valence-electron chi connectivity index (χ1n) is 8.39. The number of furan rings is 1. The number of fused-ring (bicyclic) bond motifs is 1. The molecule has 0 aliphatic rings. The average molecular weight is 372 g/mol. The summed E-state index contributed by atoms with van der Waals surface area (Å²) in [6.45, 7) is 5.83. The van der Waals surface area contributed by atoms with Crippen molar-refractivity contribution in [3.63, 3.8) is 0 Å². The molecule has 1 N–H and O–H groups in total. The summed E-state index contributed by atoms with van der Waals surface area (Å²) in [4.78, 5) is 29.2. The second-order valence-electron chi connectivity index (χ2n) is 5.83. The first-order chi connectivity index (χ1) is 12.5. The van der Waals surface area contributed by atoms with Gasteiger partial charge in [0.25, 0.3) is 5.91 Å². The number of hydrogen-bond acceptors (Lipinski definition) is 6. The van der Waals surface area contributed by atoms with Crippen molar-refractivity contribution < 1.29 is 18.7 Å². The molecule has 0 unspecified atom stereocenters. The monoisotopic (exact) mass is 372 g/mol. The summed E-state index contributed by atoms with van der Waals surface area (Å²) in [7, 11) is 1.32. The number of thiazole rings is 1. The minimum absolute atomic E-state index is 0.251. The van der Waals surface area contributed by atoms with Gasteiger partial charge in [0.05, 0.1) is 12.8 Å². The van der Waals surface area contributed by atoms with Gasteiger partial charge in [0.1, 0.15) is 10.5 Å². The summed E-state index contributed by atoms with van der Waals surface area (Å²) in [6.07, 6.45) is 1.48.